The van der Waals surface area contributed by atoms with Crippen LogP contribution in [0.3, 0.4) is 0 Å². The van der Waals surface area contributed by atoms with E-state index in [4.69, 9.17) is 9.47 Å². The van der Waals surface area contributed by atoms with Gasteiger partial charge in [-0.1, -0.05) is 23.5 Å². The number of aromatic nitrogens is 1. The van der Waals surface area contributed by atoms with Crippen molar-refractivity contribution in [2.45, 2.75) is 6.61 Å². The third kappa shape index (κ3) is 3.49. The molecule has 6 heteroatoms. The average molecular weight is 328 g/mol. The van der Waals surface area contributed by atoms with Crippen LogP contribution in [0.2, 0.25) is 0 Å². The van der Waals surface area contributed by atoms with Crippen molar-refractivity contribution in [1.29, 1.82) is 0 Å². The van der Waals surface area contributed by atoms with Crippen molar-refractivity contribution in [3.05, 3.63) is 53.6 Å². The Balaban J connectivity index is 1.76. The number of ether oxygens (including phenoxy) is 2. The maximum absolute atomic E-state index is 12.3. The Morgan fingerprint density at radius 1 is 1.17 bits per heavy atom. The number of carbonyl (C=O) groups is 1. The van der Waals surface area contributed by atoms with Crippen LogP contribution >= 0.6 is 11.3 Å². The molecule has 1 heterocycles. The SMILES string of the molecule is COCc1ccc(C(=O)Nc2nc3ccc(OC)cc3s2)cc1. The molecule has 0 saturated heterocycles. The van der Waals surface area contributed by atoms with E-state index in [-0.39, 0.29) is 5.91 Å². The van der Waals surface area contributed by atoms with Gasteiger partial charge in [-0.05, 0) is 35.9 Å². The van der Waals surface area contributed by atoms with Crippen LogP contribution in [0.25, 0.3) is 10.2 Å². The summed E-state index contributed by atoms with van der Waals surface area (Å²) in [4.78, 5) is 16.7. The second-order valence-corrected chi connectivity index (χ2v) is 5.97. The molecule has 0 fully saturated rings. The molecule has 118 valence electrons. The number of hydrogen-bond acceptors (Lipinski definition) is 5. The number of benzene rings is 2. The quantitative estimate of drug-likeness (QED) is 0.776. The lowest BCUT2D eigenvalue weighted by atomic mass is 10.1. The standard InChI is InChI=1S/C17H16N2O3S/c1-21-10-11-3-5-12(6-4-11)16(20)19-17-18-14-8-7-13(22-2)9-15(14)23-17/h3-9H,10H2,1-2H3,(H,18,19,20). The van der Waals surface area contributed by atoms with E-state index in [1.54, 1.807) is 26.4 Å². The fourth-order valence-electron chi connectivity index (χ4n) is 2.17. The van der Waals surface area contributed by atoms with Gasteiger partial charge in [0.25, 0.3) is 5.91 Å². The molecular formula is C17H16N2O3S. The fourth-order valence-corrected chi connectivity index (χ4v) is 3.06. The molecule has 0 aliphatic heterocycles. The molecule has 0 saturated carbocycles. The summed E-state index contributed by atoms with van der Waals surface area (Å²) in [6.07, 6.45) is 0. The lowest BCUT2D eigenvalue weighted by Gasteiger charge is -2.03. The van der Waals surface area contributed by atoms with Gasteiger partial charge in [-0.2, -0.15) is 0 Å². The van der Waals surface area contributed by atoms with Gasteiger partial charge < -0.3 is 9.47 Å². The van der Waals surface area contributed by atoms with Crippen LogP contribution in [0.15, 0.2) is 42.5 Å². The van der Waals surface area contributed by atoms with Gasteiger partial charge in [-0.15, -0.1) is 0 Å². The number of anilines is 1. The summed E-state index contributed by atoms with van der Waals surface area (Å²) in [5.41, 5.74) is 2.44. The predicted molar refractivity (Wildman–Crippen MR) is 91.3 cm³/mol. The minimum Gasteiger partial charge on any atom is -0.497 e. The summed E-state index contributed by atoms with van der Waals surface area (Å²) < 4.78 is 11.2. The molecule has 3 aromatic rings. The minimum absolute atomic E-state index is 0.181. The summed E-state index contributed by atoms with van der Waals surface area (Å²) in [5, 5.41) is 3.40. The second-order valence-electron chi connectivity index (χ2n) is 4.94. The first-order valence-corrected chi connectivity index (χ1v) is 7.85. The van der Waals surface area contributed by atoms with Gasteiger partial charge in [-0.25, -0.2) is 4.98 Å². The van der Waals surface area contributed by atoms with Gasteiger partial charge in [0, 0.05) is 12.7 Å². The van der Waals surface area contributed by atoms with E-state index in [1.165, 1.54) is 11.3 Å². The molecule has 0 radical (unpaired) electrons. The highest BCUT2D eigenvalue weighted by molar-refractivity contribution is 7.22. The van der Waals surface area contributed by atoms with E-state index < -0.39 is 0 Å². The number of hydrogen-bond donors (Lipinski definition) is 1. The van der Waals surface area contributed by atoms with Crippen molar-refractivity contribution in [3.8, 4) is 5.75 Å². The minimum atomic E-state index is -0.181. The normalized spacial score (nSPS) is 10.7. The van der Waals surface area contributed by atoms with Gasteiger partial charge in [0.1, 0.15) is 5.75 Å². The first-order valence-electron chi connectivity index (χ1n) is 7.03. The Hall–Kier alpha value is -2.44. The first kappa shape index (κ1) is 15.5. The Kier molecular flexibility index (Phi) is 4.55. The smallest absolute Gasteiger partial charge is 0.257 e. The van der Waals surface area contributed by atoms with Crippen LogP contribution in [-0.2, 0) is 11.3 Å². The molecule has 5 nitrogen and oxygen atoms in total. The average Bonchev–Trinajstić information content (AvgIpc) is 2.96. The van der Waals surface area contributed by atoms with Gasteiger partial charge in [-0.3, -0.25) is 10.1 Å². The number of methoxy groups -OCH3 is 2. The molecule has 0 aliphatic carbocycles. The Morgan fingerprint density at radius 3 is 2.65 bits per heavy atom. The zero-order valence-corrected chi connectivity index (χ0v) is 13.6. The molecule has 2 aromatic carbocycles. The molecule has 0 spiro atoms. The highest BCUT2D eigenvalue weighted by Gasteiger charge is 2.10. The molecule has 1 amide bonds. The van der Waals surface area contributed by atoms with Gasteiger partial charge >= 0.3 is 0 Å². The summed E-state index contributed by atoms with van der Waals surface area (Å²) in [6.45, 7) is 0.529. The summed E-state index contributed by atoms with van der Waals surface area (Å²) in [5.74, 6) is 0.591. The summed E-state index contributed by atoms with van der Waals surface area (Å²) >= 11 is 1.42. The van der Waals surface area contributed by atoms with E-state index in [0.29, 0.717) is 17.3 Å². The van der Waals surface area contributed by atoms with Gasteiger partial charge in [0.15, 0.2) is 5.13 Å². The van der Waals surface area contributed by atoms with Crippen molar-refractivity contribution in [3.63, 3.8) is 0 Å². The second kappa shape index (κ2) is 6.76. The number of thiazole rings is 1. The van der Waals surface area contributed by atoms with Crippen molar-refractivity contribution in [1.82, 2.24) is 4.98 Å². The molecule has 1 N–H and O–H groups in total. The number of fused-ring (bicyclic) bond motifs is 1. The van der Waals surface area contributed by atoms with E-state index in [2.05, 4.69) is 10.3 Å². The monoisotopic (exact) mass is 328 g/mol. The predicted octanol–water partition coefficient (Wildman–Crippen LogP) is 3.70. The lowest BCUT2D eigenvalue weighted by Crippen LogP contribution is -2.11. The van der Waals surface area contributed by atoms with Crippen LogP contribution in [0.4, 0.5) is 5.13 Å². The molecule has 3 rings (SSSR count). The van der Waals surface area contributed by atoms with Gasteiger partial charge in [0.2, 0.25) is 0 Å². The van der Waals surface area contributed by atoms with Crippen LogP contribution in [0, 0.1) is 0 Å². The molecule has 0 bridgehead atoms. The maximum Gasteiger partial charge on any atom is 0.257 e. The van der Waals surface area contributed by atoms with Crippen molar-refractivity contribution >= 4 is 32.6 Å². The molecule has 1 aromatic heterocycles. The maximum atomic E-state index is 12.3. The van der Waals surface area contributed by atoms with Crippen LogP contribution in [0.1, 0.15) is 15.9 Å². The Bertz CT molecular complexity index is 827. The third-order valence-corrected chi connectivity index (χ3v) is 4.28. The Morgan fingerprint density at radius 2 is 1.96 bits per heavy atom. The molecular weight excluding hydrogens is 312 g/mol. The number of amides is 1. The largest absolute Gasteiger partial charge is 0.497 e. The summed E-state index contributed by atoms with van der Waals surface area (Å²) in [7, 11) is 3.26. The van der Waals surface area contributed by atoms with Crippen LogP contribution in [-0.4, -0.2) is 25.1 Å². The zero-order valence-electron chi connectivity index (χ0n) is 12.8. The van der Waals surface area contributed by atoms with Crippen molar-refractivity contribution in [2.24, 2.45) is 0 Å². The number of nitrogens with one attached hydrogen (secondary N) is 1. The molecule has 0 aliphatic rings. The zero-order chi connectivity index (χ0) is 16.2. The van der Waals surface area contributed by atoms with E-state index in [9.17, 15) is 4.79 Å². The fraction of sp³-hybridized carbons (Fsp3) is 0.176. The first-order chi connectivity index (χ1) is 11.2. The number of carbonyl (C=O) groups excluding carboxylic acids is 1. The van der Waals surface area contributed by atoms with Gasteiger partial charge in [0.05, 0.1) is 23.9 Å². The van der Waals surface area contributed by atoms with Crippen LogP contribution < -0.4 is 10.1 Å². The Labute approximate surface area is 137 Å². The highest BCUT2D eigenvalue weighted by Crippen LogP contribution is 2.29. The summed E-state index contributed by atoms with van der Waals surface area (Å²) in [6, 6.07) is 12.9. The number of nitrogens with zero attached hydrogens (tertiary/aromatic N) is 1. The van der Waals surface area contributed by atoms with Crippen molar-refractivity contribution in [2.75, 3.05) is 19.5 Å². The highest BCUT2D eigenvalue weighted by atomic mass is 32.1. The molecule has 23 heavy (non-hydrogen) atoms. The molecule has 0 unspecified atom stereocenters. The van der Waals surface area contributed by atoms with E-state index in [0.717, 1.165) is 21.5 Å². The van der Waals surface area contributed by atoms with Crippen LogP contribution in [0.5, 0.6) is 5.75 Å². The van der Waals surface area contributed by atoms with Crippen molar-refractivity contribution < 1.29 is 14.3 Å². The lowest BCUT2D eigenvalue weighted by molar-refractivity contribution is 0.102. The van der Waals surface area contributed by atoms with E-state index in [1.807, 2.05) is 30.3 Å². The number of rotatable bonds is 5. The topological polar surface area (TPSA) is 60.5 Å². The molecule has 0 atom stereocenters. The van der Waals surface area contributed by atoms with E-state index >= 15 is 0 Å². The third-order valence-electron chi connectivity index (χ3n) is 3.34.